The molecule has 0 aromatic carbocycles. The van der Waals surface area contributed by atoms with Gasteiger partial charge in [-0.3, -0.25) is 5.43 Å². The van der Waals surface area contributed by atoms with Crippen LogP contribution in [0.1, 0.15) is 39.0 Å². The lowest BCUT2D eigenvalue weighted by Crippen LogP contribution is -2.25. The summed E-state index contributed by atoms with van der Waals surface area (Å²) >= 11 is 3.40. The van der Waals surface area contributed by atoms with Gasteiger partial charge in [-0.15, -0.1) is 0 Å². The van der Waals surface area contributed by atoms with Gasteiger partial charge >= 0.3 is 0 Å². The molecule has 1 heterocycles. The summed E-state index contributed by atoms with van der Waals surface area (Å²) in [6.07, 6.45) is 7.87. The molecule has 5 nitrogen and oxygen atoms in total. The van der Waals surface area contributed by atoms with Crippen molar-refractivity contribution in [3.05, 3.63) is 10.7 Å². The van der Waals surface area contributed by atoms with E-state index in [1.54, 1.807) is 6.20 Å². The molecule has 1 aromatic rings. The number of halogens is 1. The van der Waals surface area contributed by atoms with Gasteiger partial charge in [0, 0.05) is 0 Å². The Hall–Kier alpha value is -0.880. The fourth-order valence-electron chi connectivity index (χ4n) is 2.38. The smallest absolute Gasteiger partial charge is 0.240 e. The van der Waals surface area contributed by atoms with Gasteiger partial charge in [0.15, 0.2) is 0 Å². The Balaban J connectivity index is 2.04. The zero-order chi connectivity index (χ0) is 13.0. The Morgan fingerprint density at radius 3 is 3.11 bits per heavy atom. The van der Waals surface area contributed by atoms with Gasteiger partial charge in [-0.05, 0) is 41.1 Å². The first-order valence-corrected chi connectivity index (χ1v) is 7.18. The van der Waals surface area contributed by atoms with Gasteiger partial charge < -0.3 is 4.74 Å². The van der Waals surface area contributed by atoms with Crippen molar-refractivity contribution in [1.29, 1.82) is 0 Å². The number of anilines is 1. The first-order valence-electron chi connectivity index (χ1n) is 6.38. The van der Waals surface area contributed by atoms with Crippen LogP contribution in [-0.4, -0.2) is 16.1 Å². The van der Waals surface area contributed by atoms with Gasteiger partial charge in [-0.2, -0.15) is 4.98 Å². The van der Waals surface area contributed by atoms with Crippen molar-refractivity contribution in [2.75, 3.05) is 5.43 Å². The van der Waals surface area contributed by atoms with E-state index in [1.165, 1.54) is 19.3 Å². The van der Waals surface area contributed by atoms with Crippen LogP contribution >= 0.6 is 15.9 Å². The molecule has 0 bridgehead atoms. The van der Waals surface area contributed by atoms with Gasteiger partial charge in [0.1, 0.15) is 6.10 Å². The van der Waals surface area contributed by atoms with Gasteiger partial charge in [0.25, 0.3) is 0 Å². The molecule has 0 spiro atoms. The lowest BCUT2D eigenvalue weighted by Gasteiger charge is -2.28. The Bertz CT molecular complexity index is 402. The van der Waals surface area contributed by atoms with Crippen LogP contribution in [0.5, 0.6) is 5.88 Å². The molecule has 0 radical (unpaired) electrons. The Morgan fingerprint density at radius 2 is 2.39 bits per heavy atom. The third kappa shape index (κ3) is 3.32. The van der Waals surface area contributed by atoms with Crippen molar-refractivity contribution in [3.8, 4) is 5.88 Å². The molecule has 2 atom stereocenters. The quantitative estimate of drug-likeness (QED) is 0.660. The number of nitrogen functional groups attached to an aromatic ring is 1. The average molecular weight is 315 g/mol. The van der Waals surface area contributed by atoms with E-state index in [9.17, 15) is 0 Å². The lowest BCUT2D eigenvalue weighted by atomic mass is 9.85. The molecule has 100 valence electrons. The molecule has 0 saturated heterocycles. The Labute approximate surface area is 116 Å². The molecule has 2 rings (SSSR count). The third-order valence-corrected chi connectivity index (χ3v) is 3.98. The van der Waals surface area contributed by atoms with E-state index in [4.69, 9.17) is 10.6 Å². The number of hydrogen-bond acceptors (Lipinski definition) is 5. The maximum absolute atomic E-state index is 5.97. The fourth-order valence-corrected chi connectivity index (χ4v) is 2.67. The second-order valence-electron chi connectivity index (χ2n) is 4.67. The summed E-state index contributed by atoms with van der Waals surface area (Å²) in [5, 5.41) is 0. The van der Waals surface area contributed by atoms with Crippen LogP contribution < -0.4 is 16.0 Å². The normalized spacial score (nSPS) is 23.7. The zero-order valence-electron chi connectivity index (χ0n) is 10.5. The monoisotopic (exact) mass is 314 g/mol. The van der Waals surface area contributed by atoms with Gasteiger partial charge in [0.2, 0.25) is 11.8 Å². The fraction of sp³-hybridized carbons (Fsp3) is 0.667. The molecule has 2 unspecified atom stereocenters. The van der Waals surface area contributed by atoms with E-state index in [0.717, 1.165) is 23.2 Å². The molecule has 1 aliphatic carbocycles. The van der Waals surface area contributed by atoms with Crippen LogP contribution in [0.3, 0.4) is 0 Å². The molecular weight excluding hydrogens is 296 g/mol. The second kappa shape index (κ2) is 6.33. The zero-order valence-corrected chi connectivity index (χ0v) is 12.1. The highest BCUT2D eigenvalue weighted by molar-refractivity contribution is 9.10. The highest BCUT2D eigenvalue weighted by Gasteiger charge is 2.23. The molecule has 3 N–H and O–H groups in total. The van der Waals surface area contributed by atoms with Gasteiger partial charge in [-0.1, -0.05) is 19.8 Å². The number of nitrogens with zero attached hydrogens (tertiary/aromatic N) is 2. The summed E-state index contributed by atoms with van der Waals surface area (Å²) < 4.78 is 6.73. The van der Waals surface area contributed by atoms with Crippen molar-refractivity contribution >= 4 is 21.9 Å². The van der Waals surface area contributed by atoms with Crippen LogP contribution in [0.4, 0.5) is 5.95 Å². The maximum Gasteiger partial charge on any atom is 0.240 e. The van der Waals surface area contributed by atoms with Crippen molar-refractivity contribution in [3.63, 3.8) is 0 Å². The molecule has 1 saturated carbocycles. The lowest BCUT2D eigenvalue weighted by molar-refractivity contribution is 0.116. The number of ether oxygens (including phenoxy) is 1. The minimum Gasteiger partial charge on any atom is -0.473 e. The highest BCUT2D eigenvalue weighted by Crippen LogP contribution is 2.31. The standard InChI is InChI=1S/C12H19BrN4O/c1-2-8-4-3-5-9(6-8)18-11-10(13)7-15-12(16-11)17-14/h7-9H,2-6,14H2,1H3,(H,15,16,17). The molecule has 0 aliphatic heterocycles. The number of nitrogens with two attached hydrogens (primary N) is 1. The van der Waals surface area contributed by atoms with Crippen molar-refractivity contribution < 1.29 is 4.74 Å². The molecule has 6 heteroatoms. The van der Waals surface area contributed by atoms with E-state index >= 15 is 0 Å². The van der Waals surface area contributed by atoms with E-state index in [1.807, 2.05) is 0 Å². The molecular formula is C12H19BrN4O. The van der Waals surface area contributed by atoms with Crippen molar-refractivity contribution in [2.24, 2.45) is 11.8 Å². The van der Waals surface area contributed by atoms with E-state index in [-0.39, 0.29) is 6.10 Å². The van der Waals surface area contributed by atoms with Gasteiger partial charge in [-0.25, -0.2) is 10.8 Å². The average Bonchev–Trinajstić information content (AvgIpc) is 2.41. The second-order valence-corrected chi connectivity index (χ2v) is 5.53. The van der Waals surface area contributed by atoms with E-state index in [2.05, 4.69) is 38.2 Å². The van der Waals surface area contributed by atoms with Crippen LogP contribution in [0.25, 0.3) is 0 Å². The Morgan fingerprint density at radius 1 is 1.56 bits per heavy atom. The molecule has 18 heavy (non-hydrogen) atoms. The SMILES string of the molecule is CCC1CCCC(Oc2nc(NN)ncc2Br)C1. The number of nitrogens with one attached hydrogen (secondary N) is 1. The summed E-state index contributed by atoms with van der Waals surface area (Å²) in [7, 11) is 0. The predicted molar refractivity (Wildman–Crippen MR) is 74.2 cm³/mol. The number of rotatable bonds is 4. The number of hydrogen-bond donors (Lipinski definition) is 2. The van der Waals surface area contributed by atoms with Crippen LogP contribution in [0, 0.1) is 5.92 Å². The van der Waals surface area contributed by atoms with Crippen LogP contribution in [-0.2, 0) is 0 Å². The van der Waals surface area contributed by atoms with Crippen molar-refractivity contribution in [1.82, 2.24) is 9.97 Å². The summed E-state index contributed by atoms with van der Waals surface area (Å²) in [5.41, 5.74) is 2.43. The predicted octanol–water partition coefficient (Wildman–Crippen LogP) is 2.87. The Kier molecular flexibility index (Phi) is 4.77. The molecule has 1 aliphatic rings. The number of hydrazine groups is 1. The van der Waals surface area contributed by atoms with E-state index in [0.29, 0.717) is 11.8 Å². The number of aromatic nitrogens is 2. The van der Waals surface area contributed by atoms with Gasteiger partial charge in [0.05, 0.1) is 10.7 Å². The largest absolute Gasteiger partial charge is 0.473 e. The molecule has 1 fully saturated rings. The minimum absolute atomic E-state index is 0.250. The van der Waals surface area contributed by atoms with Crippen molar-refractivity contribution in [2.45, 2.75) is 45.1 Å². The van der Waals surface area contributed by atoms with E-state index < -0.39 is 0 Å². The highest BCUT2D eigenvalue weighted by atomic mass is 79.9. The maximum atomic E-state index is 5.97. The summed E-state index contributed by atoms with van der Waals surface area (Å²) in [6.45, 7) is 2.24. The summed E-state index contributed by atoms with van der Waals surface area (Å²) in [4.78, 5) is 8.23. The molecule has 1 aromatic heterocycles. The first-order chi connectivity index (χ1) is 8.72. The summed E-state index contributed by atoms with van der Waals surface area (Å²) in [5.74, 6) is 7.01. The van der Waals surface area contributed by atoms with Crippen LogP contribution in [0.2, 0.25) is 0 Å². The topological polar surface area (TPSA) is 73.1 Å². The first kappa shape index (κ1) is 13.5. The summed E-state index contributed by atoms with van der Waals surface area (Å²) in [6, 6.07) is 0. The third-order valence-electron chi connectivity index (χ3n) is 3.43. The van der Waals surface area contributed by atoms with Crippen LogP contribution in [0.15, 0.2) is 10.7 Å². The molecule has 0 amide bonds. The minimum atomic E-state index is 0.250.